The van der Waals surface area contributed by atoms with Crippen LogP contribution in [0.25, 0.3) is 20.2 Å². The van der Waals surface area contributed by atoms with Crippen molar-refractivity contribution in [1.29, 1.82) is 0 Å². The number of benzene rings is 7. The Hall–Kier alpha value is -4.94. The molecule has 0 amide bonds. The van der Waals surface area contributed by atoms with E-state index in [1.165, 1.54) is 45.4 Å². The molecule has 2 heterocycles. The van der Waals surface area contributed by atoms with Crippen molar-refractivity contribution in [1.82, 2.24) is 0 Å². The zero-order valence-corrected chi connectivity index (χ0v) is 27.7. The van der Waals surface area contributed by atoms with Crippen molar-refractivity contribution in [3.05, 3.63) is 170 Å². The van der Waals surface area contributed by atoms with Crippen LogP contribution in [0.4, 0.5) is 34.1 Å². The van der Waals surface area contributed by atoms with Crippen molar-refractivity contribution in [2.75, 3.05) is 9.80 Å². The van der Waals surface area contributed by atoms with Gasteiger partial charge in [-0.1, -0.05) is 102 Å². The molecule has 224 valence electrons. The highest BCUT2D eigenvalue weighted by molar-refractivity contribution is 8.05. The lowest BCUT2D eigenvalue weighted by Crippen LogP contribution is -2.11. The highest BCUT2D eigenvalue weighted by atomic mass is 32.2. The quantitative estimate of drug-likeness (QED) is 0.176. The molecule has 9 rings (SSSR count). The second kappa shape index (κ2) is 12.0. The first kappa shape index (κ1) is 28.3. The van der Waals surface area contributed by atoms with E-state index >= 15 is 0 Å². The van der Waals surface area contributed by atoms with Gasteiger partial charge in [0.25, 0.3) is 0 Å². The van der Waals surface area contributed by atoms with Gasteiger partial charge in [-0.25, -0.2) is 0 Å². The fraction of sp³-hybridized carbons (Fsp3) is 0. The number of hydrogen-bond donors (Lipinski definition) is 0. The number of thiophene rings is 1. The maximum Gasteiger partial charge on any atom is 0.0554 e. The molecule has 0 spiro atoms. The van der Waals surface area contributed by atoms with Gasteiger partial charge in [-0.3, -0.25) is 0 Å². The summed E-state index contributed by atoms with van der Waals surface area (Å²) in [6, 6.07) is 61.2. The molecule has 2 nitrogen and oxygen atoms in total. The summed E-state index contributed by atoms with van der Waals surface area (Å²) in [5.74, 6) is 0. The topological polar surface area (TPSA) is 6.48 Å². The van der Waals surface area contributed by atoms with Gasteiger partial charge < -0.3 is 9.80 Å². The van der Waals surface area contributed by atoms with Crippen LogP contribution in [0.3, 0.4) is 0 Å². The second-order valence-corrected chi connectivity index (χ2v) is 14.6. The van der Waals surface area contributed by atoms with Crippen molar-refractivity contribution in [2.45, 2.75) is 19.6 Å². The number of hydrogen-bond acceptors (Lipinski definition) is 5. The van der Waals surface area contributed by atoms with Crippen LogP contribution in [-0.4, -0.2) is 0 Å². The monoisotopic (exact) mass is 656 g/mol. The van der Waals surface area contributed by atoms with E-state index in [4.69, 9.17) is 0 Å². The third kappa shape index (κ3) is 5.17. The number of rotatable bonds is 6. The predicted octanol–water partition coefficient (Wildman–Crippen LogP) is 13.6. The molecule has 0 saturated heterocycles. The van der Waals surface area contributed by atoms with Crippen LogP contribution in [0.5, 0.6) is 0 Å². The van der Waals surface area contributed by atoms with Crippen molar-refractivity contribution < 1.29 is 0 Å². The predicted molar refractivity (Wildman–Crippen MR) is 203 cm³/mol. The average molecular weight is 657 g/mol. The molecular formula is C42H28N2S3. The lowest BCUT2D eigenvalue weighted by atomic mass is 10.1. The summed E-state index contributed by atoms with van der Waals surface area (Å²) in [5, 5.41) is 2.60. The molecule has 47 heavy (non-hydrogen) atoms. The summed E-state index contributed by atoms with van der Waals surface area (Å²) in [6.07, 6.45) is 0. The Morgan fingerprint density at radius 2 is 0.830 bits per heavy atom. The van der Waals surface area contributed by atoms with Crippen LogP contribution in [0.15, 0.2) is 189 Å². The zero-order chi connectivity index (χ0) is 31.2. The molecule has 0 N–H and O–H groups in total. The molecule has 5 heteroatoms. The zero-order valence-electron chi connectivity index (χ0n) is 25.3. The van der Waals surface area contributed by atoms with Crippen LogP contribution in [0, 0.1) is 0 Å². The lowest BCUT2D eigenvalue weighted by molar-refractivity contribution is 1.13. The third-order valence-electron chi connectivity index (χ3n) is 8.48. The van der Waals surface area contributed by atoms with E-state index in [9.17, 15) is 0 Å². The summed E-state index contributed by atoms with van der Waals surface area (Å²) < 4.78 is 2.62. The Labute approximate surface area is 286 Å². The highest BCUT2D eigenvalue weighted by Crippen LogP contribution is 2.52. The molecule has 0 aliphatic carbocycles. The number of anilines is 6. The van der Waals surface area contributed by atoms with Crippen LogP contribution in [0.2, 0.25) is 0 Å². The summed E-state index contributed by atoms with van der Waals surface area (Å²) in [7, 11) is 0. The van der Waals surface area contributed by atoms with E-state index in [-0.39, 0.29) is 0 Å². The fourth-order valence-electron chi connectivity index (χ4n) is 6.38. The lowest BCUT2D eigenvalue weighted by Gasteiger charge is -2.29. The first-order valence-corrected chi connectivity index (χ1v) is 18.0. The molecule has 1 aliphatic heterocycles. The minimum atomic E-state index is 1.14. The largest absolute Gasteiger partial charge is 0.310 e. The molecule has 0 radical (unpaired) electrons. The Kier molecular flexibility index (Phi) is 7.23. The van der Waals surface area contributed by atoms with Crippen molar-refractivity contribution >= 4 is 89.2 Å². The Morgan fingerprint density at radius 3 is 1.43 bits per heavy atom. The maximum absolute atomic E-state index is 2.42. The van der Waals surface area contributed by atoms with Gasteiger partial charge in [-0.05, 0) is 91.0 Å². The van der Waals surface area contributed by atoms with Gasteiger partial charge in [0.05, 0.1) is 5.69 Å². The molecule has 8 aromatic rings. The molecule has 1 aliphatic rings. The third-order valence-corrected chi connectivity index (χ3v) is 12.1. The first-order valence-electron chi connectivity index (χ1n) is 15.6. The minimum absolute atomic E-state index is 1.14. The molecule has 0 unspecified atom stereocenters. The van der Waals surface area contributed by atoms with E-state index in [1.54, 1.807) is 0 Å². The van der Waals surface area contributed by atoms with Gasteiger partial charge in [0.1, 0.15) is 0 Å². The highest BCUT2D eigenvalue weighted by Gasteiger charge is 2.23. The summed E-state index contributed by atoms with van der Waals surface area (Å²) >= 11 is 5.58. The SMILES string of the molecule is c1ccc(N(c2ccccc2)c2ccc3c(c2)Sc2ccc(N(c4ccccc4)c4cccc5sc6ccccc6c45)cc2S3)cc1. The summed E-state index contributed by atoms with van der Waals surface area (Å²) in [5.41, 5.74) is 6.95. The van der Waals surface area contributed by atoms with Crippen molar-refractivity contribution in [3.8, 4) is 0 Å². The van der Waals surface area contributed by atoms with Gasteiger partial charge in [0, 0.05) is 68.2 Å². The molecule has 0 saturated carbocycles. The Morgan fingerprint density at radius 1 is 0.340 bits per heavy atom. The fourth-order valence-corrected chi connectivity index (χ4v) is 9.77. The van der Waals surface area contributed by atoms with Gasteiger partial charge in [-0.2, -0.15) is 0 Å². The normalized spacial score (nSPS) is 12.1. The second-order valence-electron chi connectivity index (χ2n) is 11.4. The number of fused-ring (bicyclic) bond motifs is 5. The molecule has 1 aromatic heterocycles. The van der Waals surface area contributed by atoms with Crippen LogP contribution >= 0.6 is 34.9 Å². The number of para-hydroxylation sites is 3. The van der Waals surface area contributed by atoms with Crippen LogP contribution < -0.4 is 9.80 Å². The molecule has 0 fully saturated rings. The van der Waals surface area contributed by atoms with E-state index in [1.807, 2.05) is 34.9 Å². The van der Waals surface area contributed by atoms with Gasteiger partial charge >= 0.3 is 0 Å². The van der Waals surface area contributed by atoms with Crippen LogP contribution in [-0.2, 0) is 0 Å². The summed E-state index contributed by atoms with van der Waals surface area (Å²) in [4.78, 5) is 9.86. The van der Waals surface area contributed by atoms with Crippen molar-refractivity contribution in [2.24, 2.45) is 0 Å². The van der Waals surface area contributed by atoms with Crippen LogP contribution in [0.1, 0.15) is 0 Å². The first-order chi connectivity index (χ1) is 23.3. The van der Waals surface area contributed by atoms with E-state index < -0.39 is 0 Å². The Bertz CT molecular complexity index is 2330. The molecular weight excluding hydrogens is 629 g/mol. The van der Waals surface area contributed by atoms with Crippen molar-refractivity contribution in [3.63, 3.8) is 0 Å². The van der Waals surface area contributed by atoms with E-state index in [2.05, 4.69) is 180 Å². The minimum Gasteiger partial charge on any atom is -0.310 e. The molecule has 7 aromatic carbocycles. The van der Waals surface area contributed by atoms with Gasteiger partial charge in [-0.15, -0.1) is 11.3 Å². The van der Waals surface area contributed by atoms with Gasteiger partial charge in [0.2, 0.25) is 0 Å². The Balaban J connectivity index is 1.12. The average Bonchev–Trinajstić information content (AvgIpc) is 3.52. The smallest absolute Gasteiger partial charge is 0.0554 e. The molecule has 0 bridgehead atoms. The van der Waals surface area contributed by atoms with E-state index in [0.29, 0.717) is 0 Å². The summed E-state index contributed by atoms with van der Waals surface area (Å²) in [6.45, 7) is 0. The van der Waals surface area contributed by atoms with Gasteiger partial charge in [0.15, 0.2) is 0 Å². The maximum atomic E-state index is 2.42. The standard InChI is InChI=1S/C42H28N2S3/c1-4-13-29(14-5-1)43(30-15-6-2-7-16-30)32-23-25-37-40(27-32)46-38-26-24-33(28-41(38)47-37)44(31-17-8-3-9-18-31)35-20-12-22-39-42(35)34-19-10-11-21-36(34)45-39/h1-28H. The number of nitrogens with zero attached hydrogens (tertiary/aromatic N) is 2. The molecule has 0 atom stereocenters. The van der Waals surface area contributed by atoms with E-state index in [0.717, 1.165) is 28.4 Å².